The van der Waals surface area contributed by atoms with Gasteiger partial charge in [-0.1, -0.05) is 142 Å². The van der Waals surface area contributed by atoms with E-state index in [1.165, 1.54) is 0 Å². The van der Waals surface area contributed by atoms with Crippen LogP contribution in [0, 0.1) is 23.7 Å². The molecule has 0 bridgehead atoms. The van der Waals surface area contributed by atoms with Crippen LogP contribution in [0.15, 0.2) is 121 Å². The Labute approximate surface area is 252 Å². The molecule has 0 saturated carbocycles. The Morgan fingerprint density at radius 3 is 1.09 bits per heavy atom. The predicted octanol–water partition coefficient (Wildman–Crippen LogP) is 10.1. The standard InChI is InChI=1S/C42H30O/c1-42(2,3)34-26-32(20-22-39-35-16-8-4-12-28(35)24-29-13-5-9-17-36(29)39)41(43)33(27-34)21-23-40-37-18-10-6-14-30(37)25-31-15-7-11-19-38(31)40/h4-19,24-27,43H,1-3H3. The highest BCUT2D eigenvalue weighted by atomic mass is 16.3. The molecule has 1 nitrogen and oxygen atoms in total. The van der Waals surface area contributed by atoms with Gasteiger partial charge in [0.1, 0.15) is 5.75 Å². The molecule has 0 aliphatic carbocycles. The quantitative estimate of drug-likeness (QED) is 0.147. The Balaban J connectivity index is 1.44. The molecule has 7 aromatic rings. The minimum absolute atomic E-state index is 0.113. The van der Waals surface area contributed by atoms with Crippen LogP contribution in [-0.2, 0) is 5.41 Å². The normalized spacial score (nSPS) is 11.3. The summed E-state index contributed by atoms with van der Waals surface area (Å²) in [4.78, 5) is 0. The molecule has 0 unspecified atom stereocenters. The molecule has 0 atom stereocenters. The minimum Gasteiger partial charge on any atom is -0.505 e. The number of benzene rings is 7. The largest absolute Gasteiger partial charge is 0.505 e. The topological polar surface area (TPSA) is 20.2 Å². The lowest BCUT2D eigenvalue weighted by atomic mass is 9.84. The first-order valence-corrected chi connectivity index (χ1v) is 14.6. The molecule has 7 rings (SSSR count). The average Bonchev–Trinajstić information content (AvgIpc) is 3.01. The number of hydrogen-bond acceptors (Lipinski definition) is 1. The molecule has 0 aliphatic rings. The van der Waals surface area contributed by atoms with E-state index in [1.54, 1.807) is 0 Å². The minimum atomic E-state index is -0.154. The third-order valence-electron chi connectivity index (χ3n) is 8.16. The summed E-state index contributed by atoms with van der Waals surface area (Å²) in [5.74, 6) is 13.7. The Hall–Kier alpha value is -5.50. The number of rotatable bonds is 0. The molecule has 0 aliphatic heterocycles. The van der Waals surface area contributed by atoms with Crippen molar-refractivity contribution in [1.29, 1.82) is 0 Å². The van der Waals surface area contributed by atoms with Gasteiger partial charge >= 0.3 is 0 Å². The molecule has 0 aromatic heterocycles. The summed E-state index contributed by atoms with van der Waals surface area (Å²) in [7, 11) is 0. The van der Waals surface area contributed by atoms with Crippen molar-refractivity contribution in [1.82, 2.24) is 0 Å². The number of hydrogen-bond donors (Lipinski definition) is 1. The van der Waals surface area contributed by atoms with Gasteiger partial charge in [0.2, 0.25) is 0 Å². The lowest BCUT2D eigenvalue weighted by molar-refractivity contribution is 0.470. The van der Waals surface area contributed by atoms with Crippen LogP contribution in [0.5, 0.6) is 5.75 Å². The van der Waals surface area contributed by atoms with Crippen LogP contribution in [0.4, 0.5) is 0 Å². The lowest BCUT2D eigenvalue weighted by Gasteiger charge is -2.20. The number of aromatic hydroxyl groups is 1. The van der Waals surface area contributed by atoms with Gasteiger partial charge in [0.25, 0.3) is 0 Å². The van der Waals surface area contributed by atoms with E-state index in [9.17, 15) is 5.11 Å². The molecule has 0 spiro atoms. The van der Waals surface area contributed by atoms with Gasteiger partial charge in [-0.05, 0) is 78.3 Å². The second-order valence-corrected chi connectivity index (χ2v) is 12.1. The molecular formula is C42H30O. The molecule has 0 saturated heterocycles. The van der Waals surface area contributed by atoms with Crippen LogP contribution >= 0.6 is 0 Å². The first-order valence-electron chi connectivity index (χ1n) is 14.6. The molecule has 0 radical (unpaired) electrons. The highest BCUT2D eigenvalue weighted by Gasteiger charge is 2.18. The second kappa shape index (κ2) is 10.4. The first-order chi connectivity index (χ1) is 20.9. The van der Waals surface area contributed by atoms with Crippen molar-refractivity contribution in [2.24, 2.45) is 0 Å². The first kappa shape index (κ1) is 26.4. The van der Waals surface area contributed by atoms with E-state index in [2.05, 4.69) is 129 Å². The average molecular weight is 551 g/mol. The summed E-state index contributed by atoms with van der Waals surface area (Å²) in [6.45, 7) is 6.51. The van der Waals surface area contributed by atoms with E-state index < -0.39 is 0 Å². The number of fused-ring (bicyclic) bond motifs is 4. The highest BCUT2D eigenvalue weighted by Crippen LogP contribution is 2.33. The molecular weight excluding hydrogens is 520 g/mol. The van der Waals surface area contributed by atoms with Crippen LogP contribution in [0.3, 0.4) is 0 Å². The summed E-state index contributed by atoms with van der Waals surface area (Å²) in [6.07, 6.45) is 0. The summed E-state index contributed by atoms with van der Waals surface area (Å²) < 4.78 is 0. The SMILES string of the molecule is CC(C)(C)c1cc(C#Cc2c3ccccc3cc3ccccc23)c(O)c(C#Cc2c3ccccc3cc3ccccc23)c1. The van der Waals surface area contributed by atoms with E-state index >= 15 is 0 Å². The van der Waals surface area contributed by atoms with Gasteiger partial charge in [0, 0.05) is 11.1 Å². The lowest BCUT2D eigenvalue weighted by Crippen LogP contribution is -2.11. The summed E-state index contributed by atoms with van der Waals surface area (Å²) in [5, 5.41) is 20.6. The smallest absolute Gasteiger partial charge is 0.146 e. The molecule has 43 heavy (non-hydrogen) atoms. The highest BCUT2D eigenvalue weighted by molar-refractivity contribution is 6.05. The second-order valence-electron chi connectivity index (χ2n) is 12.1. The van der Waals surface area contributed by atoms with E-state index in [0.717, 1.165) is 59.8 Å². The molecule has 0 heterocycles. The van der Waals surface area contributed by atoms with Crippen LogP contribution < -0.4 is 0 Å². The zero-order valence-corrected chi connectivity index (χ0v) is 24.5. The summed E-state index contributed by atoms with van der Waals surface area (Å²) in [6, 6.07) is 41.8. The monoisotopic (exact) mass is 550 g/mol. The Kier molecular flexibility index (Phi) is 6.39. The number of phenols is 1. The van der Waals surface area contributed by atoms with Crippen LogP contribution in [-0.4, -0.2) is 5.11 Å². The third kappa shape index (κ3) is 4.86. The van der Waals surface area contributed by atoms with Crippen LogP contribution in [0.25, 0.3) is 43.1 Å². The Morgan fingerprint density at radius 2 is 0.767 bits per heavy atom. The maximum atomic E-state index is 11.6. The van der Waals surface area contributed by atoms with Gasteiger partial charge in [0.05, 0.1) is 11.1 Å². The molecule has 1 N–H and O–H groups in total. The van der Waals surface area contributed by atoms with Crippen molar-refractivity contribution < 1.29 is 5.11 Å². The Morgan fingerprint density at radius 1 is 0.442 bits per heavy atom. The Bertz CT molecular complexity index is 2080. The fourth-order valence-corrected chi connectivity index (χ4v) is 5.81. The van der Waals surface area contributed by atoms with E-state index in [0.29, 0.717) is 11.1 Å². The van der Waals surface area contributed by atoms with Crippen LogP contribution in [0.1, 0.15) is 48.6 Å². The van der Waals surface area contributed by atoms with E-state index in [1.807, 2.05) is 36.4 Å². The van der Waals surface area contributed by atoms with Gasteiger partial charge in [-0.25, -0.2) is 0 Å². The zero-order chi connectivity index (χ0) is 29.6. The molecule has 0 fully saturated rings. The van der Waals surface area contributed by atoms with Gasteiger partial charge in [-0.3, -0.25) is 0 Å². The van der Waals surface area contributed by atoms with Crippen molar-refractivity contribution in [2.45, 2.75) is 26.2 Å². The predicted molar refractivity (Wildman–Crippen MR) is 182 cm³/mol. The molecule has 0 amide bonds. The summed E-state index contributed by atoms with van der Waals surface area (Å²) >= 11 is 0. The zero-order valence-electron chi connectivity index (χ0n) is 24.5. The van der Waals surface area contributed by atoms with Crippen molar-refractivity contribution >= 4 is 43.1 Å². The fraction of sp³-hybridized carbons (Fsp3) is 0.0952. The molecule has 1 heteroatoms. The van der Waals surface area contributed by atoms with E-state index in [4.69, 9.17) is 0 Å². The van der Waals surface area contributed by atoms with Gasteiger partial charge in [-0.2, -0.15) is 0 Å². The summed E-state index contributed by atoms with van der Waals surface area (Å²) in [5.41, 5.74) is 4.00. The van der Waals surface area contributed by atoms with E-state index in [-0.39, 0.29) is 11.2 Å². The van der Waals surface area contributed by atoms with Gasteiger partial charge in [-0.15, -0.1) is 0 Å². The van der Waals surface area contributed by atoms with Crippen molar-refractivity contribution in [3.05, 3.63) is 149 Å². The number of phenolic OH excluding ortho intramolecular Hbond substituents is 1. The molecule has 7 aromatic carbocycles. The van der Waals surface area contributed by atoms with Gasteiger partial charge < -0.3 is 5.11 Å². The van der Waals surface area contributed by atoms with Crippen LogP contribution in [0.2, 0.25) is 0 Å². The van der Waals surface area contributed by atoms with Crippen molar-refractivity contribution in [3.8, 4) is 29.4 Å². The fourth-order valence-electron chi connectivity index (χ4n) is 5.81. The molecule has 204 valence electrons. The third-order valence-corrected chi connectivity index (χ3v) is 8.16. The maximum absolute atomic E-state index is 11.6. The van der Waals surface area contributed by atoms with Crippen molar-refractivity contribution in [3.63, 3.8) is 0 Å². The van der Waals surface area contributed by atoms with Crippen molar-refractivity contribution in [2.75, 3.05) is 0 Å². The maximum Gasteiger partial charge on any atom is 0.146 e. The van der Waals surface area contributed by atoms with Gasteiger partial charge in [0.15, 0.2) is 0 Å².